The van der Waals surface area contributed by atoms with Crippen molar-refractivity contribution in [3.63, 3.8) is 0 Å². The highest BCUT2D eigenvalue weighted by Crippen LogP contribution is 2.30. The van der Waals surface area contributed by atoms with E-state index in [1.165, 1.54) is 6.42 Å². The number of likely N-dealkylation sites (tertiary alicyclic amines) is 1. The first kappa shape index (κ1) is 21.6. The monoisotopic (exact) mass is 402 g/mol. The number of amides is 1. The molecule has 6 heteroatoms. The van der Waals surface area contributed by atoms with E-state index >= 15 is 0 Å². The van der Waals surface area contributed by atoms with E-state index in [0.29, 0.717) is 13.2 Å². The molecule has 0 spiro atoms. The molecule has 3 rings (SSSR count). The van der Waals surface area contributed by atoms with Gasteiger partial charge in [-0.3, -0.25) is 9.59 Å². The van der Waals surface area contributed by atoms with Crippen molar-refractivity contribution in [3.8, 4) is 5.75 Å². The minimum atomic E-state index is -0.689. The van der Waals surface area contributed by atoms with Crippen molar-refractivity contribution < 1.29 is 19.4 Å². The fraction of sp³-hybridized carbons (Fsp3) is 0.652. The molecule has 1 unspecified atom stereocenters. The molecule has 1 aromatic carbocycles. The second-order valence-electron chi connectivity index (χ2n) is 8.32. The molecule has 0 bridgehead atoms. The summed E-state index contributed by atoms with van der Waals surface area (Å²) in [5.41, 5.74) is 1.89. The highest BCUT2D eigenvalue weighted by Gasteiger charge is 2.25. The third-order valence-corrected chi connectivity index (χ3v) is 6.15. The van der Waals surface area contributed by atoms with Crippen LogP contribution >= 0.6 is 0 Å². The number of carboxylic acids is 1. The van der Waals surface area contributed by atoms with E-state index in [1.807, 2.05) is 25.1 Å². The van der Waals surface area contributed by atoms with Crippen LogP contribution in [-0.2, 0) is 16.0 Å². The molecule has 1 saturated heterocycles. The minimum Gasteiger partial charge on any atom is -0.492 e. The van der Waals surface area contributed by atoms with Crippen LogP contribution in [0.3, 0.4) is 0 Å². The smallest absolute Gasteiger partial charge is 0.307 e. The van der Waals surface area contributed by atoms with E-state index in [4.69, 9.17) is 4.74 Å². The first-order chi connectivity index (χ1) is 14.1. The molecule has 1 aromatic rings. The van der Waals surface area contributed by atoms with Crippen LogP contribution in [0, 0.1) is 11.8 Å². The molecule has 1 heterocycles. The lowest BCUT2D eigenvalue weighted by molar-refractivity contribution is -0.143. The number of ether oxygens (including phenoxy) is 1. The maximum Gasteiger partial charge on any atom is 0.307 e. The highest BCUT2D eigenvalue weighted by molar-refractivity contribution is 5.94. The Balaban J connectivity index is 1.59. The van der Waals surface area contributed by atoms with Gasteiger partial charge in [-0.25, -0.2) is 0 Å². The molecule has 1 amide bonds. The van der Waals surface area contributed by atoms with Gasteiger partial charge in [0.25, 0.3) is 0 Å². The Morgan fingerprint density at radius 1 is 1.14 bits per heavy atom. The number of carbonyl (C=O) groups is 2. The molecule has 2 fully saturated rings. The molecule has 6 nitrogen and oxygen atoms in total. The average Bonchev–Trinajstić information content (AvgIpc) is 2.74. The number of nitrogens with one attached hydrogen (secondary N) is 1. The SMILES string of the molecule is CCOc1cc(CCN2CCCC(C(=O)O)C2)ccc1NC(=O)C1CCCCC1. The number of aliphatic carboxylic acids is 1. The quantitative estimate of drug-likeness (QED) is 0.688. The fourth-order valence-corrected chi connectivity index (χ4v) is 4.45. The predicted molar refractivity (Wildman–Crippen MR) is 113 cm³/mol. The number of carbonyl (C=O) groups excluding carboxylic acids is 1. The van der Waals surface area contributed by atoms with Crippen LogP contribution in [0.1, 0.15) is 57.4 Å². The summed E-state index contributed by atoms with van der Waals surface area (Å²) in [5, 5.41) is 12.3. The number of benzene rings is 1. The van der Waals surface area contributed by atoms with E-state index in [9.17, 15) is 14.7 Å². The van der Waals surface area contributed by atoms with Gasteiger partial charge in [0.15, 0.2) is 0 Å². The van der Waals surface area contributed by atoms with Crippen molar-refractivity contribution in [2.75, 3.05) is 31.6 Å². The summed E-state index contributed by atoms with van der Waals surface area (Å²) in [7, 11) is 0. The first-order valence-corrected chi connectivity index (χ1v) is 11.1. The summed E-state index contributed by atoms with van der Waals surface area (Å²) in [5.74, 6) is -0.00617. The molecule has 1 atom stereocenters. The van der Waals surface area contributed by atoms with Crippen LogP contribution in [0.15, 0.2) is 18.2 Å². The molecule has 1 saturated carbocycles. The van der Waals surface area contributed by atoms with Crippen LogP contribution in [0.4, 0.5) is 5.69 Å². The van der Waals surface area contributed by atoms with Crippen LogP contribution in [0.5, 0.6) is 5.75 Å². The van der Waals surface area contributed by atoms with Crippen molar-refractivity contribution in [2.45, 2.75) is 58.3 Å². The molecule has 29 heavy (non-hydrogen) atoms. The van der Waals surface area contributed by atoms with Gasteiger partial charge in [-0.2, -0.15) is 0 Å². The standard InChI is InChI=1S/C23H34N2O4/c1-2-29-21-15-17(12-14-25-13-6-9-19(16-25)23(27)28)10-11-20(21)24-22(26)18-7-4-3-5-8-18/h10-11,15,18-19H,2-9,12-14,16H2,1H3,(H,24,26)(H,27,28). The van der Waals surface area contributed by atoms with Gasteiger partial charge in [-0.05, 0) is 63.3 Å². The summed E-state index contributed by atoms with van der Waals surface area (Å²) in [4.78, 5) is 26.1. The van der Waals surface area contributed by atoms with Gasteiger partial charge in [0.05, 0.1) is 18.2 Å². The van der Waals surface area contributed by atoms with Gasteiger partial charge in [-0.1, -0.05) is 25.3 Å². The van der Waals surface area contributed by atoms with Crippen molar-refractivity contribution in [1.82, 2.24) is 4.90 Å². The third-order valence-electron chi connectivity index (χ3n) is 6.15. The molecular formula is C23H34N2O4. The molecule has 0 radical (unpaired) electrons. The summed E-state index contributed by atoms with van der Waals surface area (Å²) in [6, 6.07) is 5.99. The topological polar surface area (TPSA) is 78.9 Å². The third kappa shape index (κ3) is 6.20. The number of carboxylic acid groups (broad SMARTS) is 1. The van der Waals surface area contributed by atoms with Crippen LogP contribution < -0.4 is 10.1 Å². The van der Waals surface area contributed by atoms with E-state index < -0.39 is 5.97 Å². The van der Waals surface area contributed by atoms with Gasteiger partial charge < -0.3 is 20.1 Å². The minimum absolute atomic E-state index is 0.103. The summed E-state index contributed by atoms with van der Waals surface area (Å²) in [6.45, 7) is 4.91. The van der Waals surface area contributed by atoms with E-state index in [1.54, 1.807) is 0 Å². The lowest BCUT2D eigenvalue weighted by Gasteiger charge is -2.30. The second-order valence-corrected chi connectivity index (χ2v) is 8.32. The first-order valence-electron chi connectivity index (χ1n) is 11.1. The van der Waals surface area contributed by atoms with Gasteiger partial charge in [0.1, 0.15) is 5.75 Å². The molecular weight excluding hydrogens is 368 g/mol. The number of hydrogen-bond donors (Lipinski definition) is 2. The number of anilines is 1. The van der Waals surface area contributed by atoms with Gasteiger partial charge >= 0.3 is 5.97 Å². The predicted octanol–water partition coefficient (Wildman–Crippen LogP) is 3.94. The normalized spacial score (nSPS) is 20.9. The zero-order chi connectivity index (χ0) is 20.6. The zero-order valence-electron chi connectivity index (χ0n) is 17.5. The fourth-order valence-electron chi connectivity index (χ4n) is 4.45. The van der Waals surface area contributed by atoms with Crippen molar-refractivity contribution in [2.24, 2.45) is 11.8 Å². The summed E-state index contributed by atoms with van der Waals surface area (Å²) < 4.78 is 5.80. The molecule has 2 N–H and O–H groups in total. The van der Waals surface area contributed by atoms with Gasteiger partial charge in [0, 0.05) is 19.0 Å². The molecule has 2 aliphatic rings. The molecule has 1 aliphatic carbocycles. The van der Waals surface area contributed by atoms with Crippen LogP contribution in [-0.4, -0.2) is 48.1 Å². The highest BCUT2D eigenvalue weighted by atomic mass is 16.5. The maximum absolute atomic E-state index is 12.6. The molecule has 0 aromatic heterocycles. The Morgan fingerprint density at radius 3 is 2.62 bits per heavy atom. The van der Waals surface area contributed by atoms with Crippen molar-refractivity contribution in [1.29, 1.82) is 0 Å². The van der Waals surface area contributed by atoms with Crippen molar-refractivity contribution in [3.05, 3.63) is 23.8 Å². The van der Waals surface area contributed by atoms with E-state index in [2.05, 4.69) is 10.2 Å². The average molecular weight is 403 g/mol. The zero-order valence-corrected chi connectivity index (χ0v) is 17.5. The Kier molecular flexibility index (Phi) is 7.92. The Hall–Kier alpha value is -2.08. The largest absolute Gasteiger partial charge is 0.492 e. The van der Waals surface area contributed by atoms with Crippen molar-refractivity contribution >= 4 is 17.6 Å². The number of hydrogen-bond acceptors (Lipinski definition) is 4. The Morgan fingerprint density at radius 2 is 1.90 bits per heavy atom. The Bertz CT molecular complexity index is 700. The lowest BCUT2D eigenvalue weighted by Crippen LogP contribution is -2.39. The van der Waals surface area contributed by atoms with Gasteiger partial charge in [0.2, 0.25) is 5.91 Å². The van der Waals surface area contributed by atoms with E-state index in [0.717, 1.165) is 75.0 Å². The summed E-state index contributed by atoms with van der Waals surface area (Å²) >= 11 is 0. The van der Waals surface area contributed by atoms with Crippen LogP contribution in [0.25, 0.3) is 0 Å². The number of piperidine rings is 1. The van der Waals surface area contributed by atoms with Crippen LogP contribution in [0.2, 0.25) is 0 Å². The number of nitrogens with zero attached hydrogens (tertiary/aromatic N) is 1. The Labute approximate surface area is 173 Å². The number of rotatable bonds is 8. The second kappa shape index (κ2) is 10.6. The molecule has 1 aliphatic heterocycles. The van der Waals surface area contributed by atoms with Gasteiger partial charge in [-0.15, -0.1) is 0 Å². The summed E-state index contributed by atoms with van der Waals surface area (Å²) in [6.07, 6.45) is 7.99. The molecule has 160 valence electrons. The van der Waals surface area contributed by atoms with E-state index in [-0.39, 0.29) is 17.7 Å². The maximum atomic E-state index is 12.6. The lowest BCUT2D eigenvalue weighted by atomic mass is 9.88.